The fourth-order valence-electron chi connectivity index (χ4n) is 3.14. The Balaban J connectivity index is 1.80. The number of rotatable bonds is 2. The Hall–Kier alpha value is -3.07. The molecule has 0 amide bonds. The van der Waals surface area contributed by atoms with Gasteiger partial charge in [-0.3, -0.25) is 0 Å². The SMILES string of the molecule is Cc1ccc(-c2ccc(-c3cc4cccc(F)c4c(F)c3F)cc2)cc1. The second-order valence-electron chi connectivity index (χ2n) is 6.33. The number of fused-ring (bicyclic) bond motifs is 1. The van der Waals surface area contributed by atoms with Crippen molar-refractivity contribution < 1.29 is 13.2 Å². The fraction of sp³-hybridized carbons (Fsp3) is 0.0435. The molecule has 0 atom stereocenters. The largest absolute Gasteiger partial charge is 0.206 e. The van der Waals surface area contributed by atoms with Crippen molar-refractivity contribution in [2.75, 3.05) is 0 Å². The van der Waals surface area contributed by atoms with Crippen LogP contribution in [0.1, 0.15) is 5.56 Å². The Bertz CT molecular complexity index is 1100. The molecule has 0 saturated carbocycles. The molecule has 128 valence electrons. The molecule has 0 spiro atoms. The minimum absolute atomic E-state index is 0.121. The molecular weight excluding hydrogens is 333 g/mol. The zero-order valence-electron chi connectivity index (χ0n) is 14.1. The van der Waals surface area contributed by atoms with Crippen LogP contribution in [0.25, 0.3) is 33.0 Å². The van der Waals surface area contributed by atoms with Crippen molar-refractivity contribution >= 4 is 10.8 Å². The lowest BCUT2D eigenvalue weighted by atomic mass is 9.97. The van der Waals surface area contributed by atoms with Crippen LogP contribution in [-0.4, -0.2) is 0 Å². The molecule has 0 saturated heterocycles. The van der Waals surface area contributed by atoms with Gasteiger partial charge in [0, 0.05) is 5.56 Å². The van der Waals surface area contributed by atoms with E-state index in [1.165, 1.54) is 17.7 Å². The maximum absolute atomic E-state index is 14.5. The maximum atomic E-state index is 14.5. The zero-order chi connectivity index (χ0) is 18.3. The highest BCUT2D eigenvalue weighted by Crippen LogP contribution is 2.33. The third-order valence-corrected chi connectivity index (χ3v) is 4.58. The second-order valence-corrected chi connectivity index (χ2v) is 6.33. The summed E-state index contributed by atoms with van der Waals surface area (Å²) in [6.07, 6.45) is 0. The van der Waals surface area contributed by atoms with Gasteiger partial charge >= 0.3 is 0 Å². The van der Waals surface area contributed by atoms with E-state index in [0.29, 0.717) is 10.9 Å². The average molecular weight is 348 g/mol. The van der Waals surface area contributed by atoms with E-state index in [-0.39, 0.29) is 10.9 Å². The Morgan fingerprint density at radius 1 is 0.615 bits per heavy atom. The van der Waals surface area contributed by atoms with Crippen LogP contribution in [0.15, 0.2) is 72.8 Å². The molecule has 4 aromatic carbocycles. The first kappa shape index (κ1) is 16.4. The lowest BCUT2D eigenvalue weighted by Gasteiger charge is -2.10. The Labute approximate surface area is 149 Å². The number of hydrogen-bond acceptors (Lipinski definition) is 0. The first-order valence-corrected chi connectivity index (χ1v) is 8.28. The van der Waals surface area contributed by atoms with Crippen LogP contribution in [0, 0.1) is 24.4 Å². The summed E-state index contributed by atoms with van der Waals surface area (Å²) in [5.74, 6) is -2.95. The van der Waals surface area contributed by atoms with E-state index in [1.54, 1.807) is 18.2 Å². The standard InChI is InChI=1S/C23H15F3/c1-14-5-7-15(8-6-14)16-9-11-17(12-10-16)19-13-18-3-2-4-20(24)21(18)23(26)22(19)25/h2-13H,1H3. The van der Waals surface area contributed by atoms with Gasteiger partial charge in [-0.2, -0.15) is 0 Å². The normalized spacial score (nSPS) is 11.1. The summed E-state index contributed by atoms with van der Waals surface area (Å²) in [5, 5.41) is 0.0199. The molecule has 0 aromatic heterocycles. The first-order valence-electron chi connectivity index (χ1n) is 8.28. The minimum atomic E-state index is -1.15. The van der Waals surface area contributed by atoms with Gasteiger partial charge in [-0.05, 0) is 41.1 Å². The summed E-state index contributed by atoms with van der Waals surface area (Å²) < 4.78 is 42.7. The summed E-state index contributed by atoms with van der Waals surface area (Å²) in [6.45, 7) is 2.02. The topological polar surface area (TPSA) is 0 Å². The van der Waals surface area contributed by atoms with Crippen LogP contribution in [0.2, 0.25) is 0 Å². The molecule has 0 N–H and O–H groups in total. The molecular formula is C23H15F3. The van der Waals surface area contributed by atoms with Gasteiger partial charge in [-0.15, -0.1) is 0 Å². The van der Waals surface area contributed by atoms with E-state index in [0.717, 1.165) is 17.2 Å². The van der Waals surface area contributed by atoms with Crippen molar-refractivity contribution in [1.29, 1.82) is 0 Å². The van der Waals surface area contributed by atoms with Gasteiger partial charge in [-0.1, -0.05) is 66.2 Å². The lowest BCUT2D eigenvalue weighted by molar-refractivity contribution is 0.514. The van der Waals surface area contributed by atoms with Crippen molar-refractivity contribution in [3.05, 3.63) is 95.8 Å². The van der Waals surface area contributed by atoms with Gasteiger partial charge in [0.1, 0.15) is 5.82 Å². The van der Waals surface area contributed by atoms with Gasteiger partial charge < -0.3 is 0 Å². The van der Waals surface area contributed by atoms with Crippen LogP contribution in [-0.2, 0) is 0 Å². The summed E-state index contributed by atoms with van der Waals surface area (Å²) in [6, 6.07) is 21.0. The smallest absolute Gasteiger partial charge is 0.170 e. The molecule has 0 aliphatic rings. The number of aryl methyl sites for hydroxylation is 1. The van der Waals surface area contributed by atoms with Crippen molar-refractivity contribution in [2.45, 2.75) is 6.92 Å². The van der Waals surface area contributed by atoms with Gasteiger partial charge in [0.05, 0.1) is 5.39 Å². The van der Waals surface area contributed by atoms with E-state index in [2.05, 4.69) is 0 Å². The van der Waals surface area contributed by atoms with E-state index < -0.39 is 17.5 Å². The van der Waals surface area contributed by atoms with E-state index in [4.69, 9.17) is 0 Å². The highest BCUT2D eigenvalue weighted by Gasteiger charge is 2.17. The van der Waals surface area contributed by atoms with Gasteiger partial charge in [0.15, 0.2) is 11.6 Å². The Kier molecular flexibility index (Phi) is 4.00. The molecule has 0 aliphatic carbocycles. The highest BCUT2D eigenvalue weighted by molar-refractivity contribution is 5.89. The summed E-state index contributed by atoms with van der Waals surface area (Å²) in [7, 11) is 0. The van der Waals surface area contributed by atoms with Crippen molar-refractivity contribution in [3.63, 3.8) is 0 Å². The summed E-state index contributed by atoms with van der Waals surface area (Å²) >= 11 is 0. The van der Waals surface area contributed by atoms with Crippen LogP contribution in [0.4, 0.5) is 13.2 Å². The summed E-state index contributed by atoms with van der Waals surface area (Å²) in [5.41, 5.74) is 3.88. The molecule has 3 heteroatoms. The van der Waals surface area contributed by atoms with Crippen LogP contribution in [0.3, 0.4) is 0 Å². The van der Waals surface area contributed by atoms with Gasteiger partial charge in [-0.25, -0.2) is 13.2 Å². The number of halogens is 3. The van der Waals surface area contributed by atoms with Gasteiger partial charge in [0.25, 0.3) is 0 Å². The molecule has 0 nitrogen and oxygen atoms in total. The van der Waals surface area contributed by atoms with Crippen molar-refractivity contribution in [2.24, 2.45) is 0 Å². The zero-order valence-corrected chi connectivity index (χ0v) is 14.1. The Morgan fingerprint density at radius 3 is 1.85 bits per heavy atom. The number of hydrogen-bond donors (Lipinski definition) is 0. The average Bonchev–Trinajstić information content (AvgIpc) is 2.65. The molecule has 26 heavy (non-hydrogen) atoms. The van der Waals surface area contributed by atoms with Crippen LogP contribution in [0.5, 0.6) is 0 Å². The summed E-state index contributed by atoms with van der Waals surface area (Å²) in [4.78, 5) is 0. The Morgan fingerprint density at radius 2 is 1.19 bits per heavy atom. The number of benzene rings is 4. The quantitative estimate of drug-likeness (QED) is 0.370. The van der Waals surface area contributed by atoms with E-state index in [9.17, 15) is 13.2 Å². The third-order valence-electron chi connectivity index (χ3n) is 4.58. The van der Waals surface area contributed by atoms with Crippen molar-refractivity contribution in [3.8, 4) is 22.3 Å². The van der Waals surface area contributed by atoms with E-state index >= 15 is 0 Å². The molecule has 0 unspecified atom stereocenters. The molecule has 0 aliphatic heterocycles. The van der Waals surface area contributed by atoms with Gasteiger partial charge in [0.2, 0.25) is 0 Å². The predicted octanol–water partition coefficient (Wildman–Crippen LogP) is 6.90. The fourth-order valence-corrected chi connectivity index (χ4v) is 3.14. The van der Waals surface area contributed by atoms with E-state index in [1.807, 2.05) is 43.3 Å². The molecule has 4 rings (SSSR count). The minimum Gasteiger partial charge on any atom is -0.206 e. The third kappa shape index (κ3) is 2.76. The lowest BCUT2D eigenvalue weighted by Crippen LogP contribution is -1.94. The molecule has 4 aromatic rings. The second kappa shape index (κ2) is 6.34. The van der Waals surface area contributed by atoms with Crippen LogP contribution >= 0.6 is 0 Å². The molecule has 0 bridgehead atoms. The van der Waals surface area contributed by atoms with Crippen molar-refractivity contribution in [1.82, 2.24) is 0 Å². The maximum Gasteiger partial charge on any atom is 0.170 e. The predicted molar refractivity (Wildman–Crippen MR) is 99.4 cm³/mol. The molecule has 0 radical (unpaired) electrons. The molecule has 0 heterocycles. The molecule has 0 fully saturated rings. The van der Waals surface area contributed by atoms with Crippen LogP contribution < -0.4 is 0 Å². The highest BCUT2D eigenvalue weighted by atomic mass is 19.2. The monoisotopic (exact) mass is 348 g/mol. The first-order chi connectivity index (χ1) is 12.5.